The van der Waals surface area contributed by atoms with Crippen molar-refractivity contribution in [1.82, 2.24) is 10.7 Å². The van der Waals surface area contributed by atoms with E-state index in [-0.39, 0.29) is 18.4 Å². The Bertz CT molecular complexity index is 526. The van der Waals surface area contributed by atoms with Crippen LogP contribution in [0.3, 0.4) is 0 Å². The number of rotatable bonds is 6. The van der Waals surface area contributed by atoms with E-state index in [9.17, 15) is 9.59 Å². The molecule has 2 N–H and O–H groups in total. The van der Waals surface area contributed by atoms with Gasteiger partial charge in [0, 0.05) is 16.3 Å². The van der Waals surface area contributed by atoms with Crippen molar-refractivity contribution >= 4 is 29.1 Å². The summed E-state index contributed by atoms with van der Waals surface area (Å²) in [4.78, 5) is 23.4. The number of hydrazone groups is 1. The Kier molecular flexibility index (Phi) is 6.88. The number of hydrogen-bond donors (Lipinski definition) is 2. The van der Waals surface area contributed by atoms with Crippen LogP contribution in [0.2, 0.25) is 5.02 Å². The maximum atomic E-state index is 11.8. The molecule has 0 saturated heterocycles. The molecule has 1 aromatic rings. The van der Waals surface area contributed by atoms with E-state index < -0.39 is 0 Å². The number of nitrogens with one attached hydrogen (secondary N) is 2. The van der Waals surface area contributed by atoms with Gasteiger partial charge in [-0.05, 0) is 43.5 Å². The average Bonchev–Trinajstić information content (AvgIpc) is 2.49. The van der Waals surface area contributed by atoms with Gasteiger partial charge in [-0.3, -0.25) is 9.59 Å². The minimum Gasteiger partial charge on any atom is -0.343 e. The van der Waals surface area contributed by atoms with Crippen LogP contribution in [0, 0.1) is 5.92 Å². The molecule has 0 aromatic heterocycles. The number of hydrogen-bond acceptors (Lipinski definition) is 3. The lowest BCUT2D eigenvalue weighted by Crippen LogP contribution is -2.35. The number of carbonyl (C=O) groups excluding carboxylic acids is 2. The minimum absolute atomic E-state index is 0.126. The minimum atomic E-state index is -0.361. The highest BCUT2D eigenvalue weighted by Crippen LogP contribution is 2.09. The van der Waals surface area contributed by atoms with E-state index in [0.717, 1.165) is 12.1 Å². The second-order valence-corrected chi connectivity index (χ2v) is 5.22. The zero-order valence-corrected chi connectivity index (χ0v) is 13.2. The molecule has 0 spiro atoms. The van der Waals surface area contributed by atoms with E-state index in [4.69, 9.17) is 11.6 Å². The number of benzene rings is 1. The fraction of sp³-hybridized carbons (Fsp3) is 0.400. The first kappa shape index (κ1) is 17.2. The van der Waals surface area contributed by atoms with Crippen molar-refractivity contribution in [2.45, 2.75) is 27.2 Å². The van der Waals surface area contributed by atoms with Crippen LogP contribution in [-0.4, -0.2) is 24.1 Å². The number of nitrogens with zero attached hydrogens (tertiary/aromatic N) is 1. The topological polar surface area (TPSA) is 70.6 Å². The van der Waals surface area contributed by atoms with Crippen molar-refractivity contribution < 1.29 is 9.59 Å². The van der Waals surface area contributed by atoms with Crippen LogP contribution in [0.5, 0.6) is 0 Å². The summed E-state index contributed by atoms with van der Waals surface area (Å²) in [5.74, 6) is -0.377. The third kappa shape index (κ3) is 5.95. The van der Waals surface area contributed by atoms with Gasteiger partial charge in [-0.1, -0.05) is 25.4 Å². The molecule has 1 aromatic carbocycles. The molecular weight excluding hydrogens is 290 g/mol. The molecule has 6 heteroatoms. The maximum Gasteiger partial charge on any atom is 0.259 e. The van der Waals surface area contributed by atoms with Crippen molar-refractivity contribution in [1.29, 1.82) is 0 Å². The number of halogens is 1. The summed E-state index contributed by atoms with van der Waals surface area (Å²) in [7, 11) is 0. The van der Waals surface area contributed by atoms with Gasteiger partial charge in [0.25, 0.3) is 11.8 Å². The molecule has 1 rings (SSSR count). The summed E-state index contributed by atoms with van der Waals surface area (Å²) >= 11 is 5.74. The first-order chi connectivity index (χ1) is 9.93. The predicted octanol–water partition coefficient (Wildman–Crippen LogP) is 2.61. The van der Waals surface area contributed by atoms with Crippen LogP contribution in [0.1, 0.15) is 37.6 Å². The summed E-state index contributed by atoms with van der Waals surface area (Å²) in [6.45, 7) is 5.82. The molecule has 5 nitrogen and oxygen atoms in total. The second-order valence-electron chi connectivity index (χ2n) is 4.79. The molecule has 1 atom stereocenters. The average molecular weight is 310 g/mol. The Morgan fingerprint density at radius 2 is 1.90 bits per heavy atom. The largest absolute Gasteiger partial charge is 0.343 e. The first-order valence-electron chi connectivity index (χ1n) is 6.80. The molecule has 0 heterocycles. The molecule has 21 heavy (non-hydrogen) atoms. The van der Waals surface area contributed by atoms with Crippen molar-refractivity contribution in [2.75, 3.05) is 6.54 Å². The van der Waals surface area contributed by atoms with Gasteiger partial charge in [0.1, 0.15) is 0 Å². The number of amides is 2. The van der Waals surface area contributed by atoms with E-state index in [0.29, 0.717) is 16.5 Å². The molecule has 0 aliphatic carbocycles. The molecule has 1 unspecified atom stereocenters. The molecule has 0 radical (unpaired) electrons. The Hall–Kier alpha value is -1.88. The van der Waals surface area contributed by atoms with Gasteiger partial charge >= 0.3 is 0 Å². The van der Waals surface area contributed by atoms with Gasteiger partial charge in [0.2, 0.25) is 0 Å². The highest BCUT2D eigenvalue weighted by Gasteiger charge is 2.08. The number of carbonyl (C=O) groups is 2. The van der Waals surface area contributed by atoms with Gasteiger partial charge in [0.15, 0.2) is 0 Å². The van der Waals surface area contributed by atoms with Crippen LogP contribution in [0.25, 0.3) is 0 Å². The Labute approximate surface area is 129 Å². The molecule has 2 amide bonds. The monoisotopic (exact) mass is 309 g/mol. The highest BCUT2D eigenvalue weighted by atomic mass is 35.5. The summed E-state index contributed by atoms with van der Waals surface area (Å²) < 4.78 is 0. The normalized spacial score (nSPS) is 12.7. The van der Waals surface area contributed by atoms with Crippen molar-refractivity contribution in [2.24, 2.45) is 11.0 Å². The van der Waals surface area contributed by atoms with E-state index in [1.54, 1.807) is 24.3 Å². The van der Waals surface area contributed by atoms with Crippen LogP contribution in [0.4, 0.5) is 0 Å². The summed E-state index contributed by atoms with van der Waals surface area (Å²) in [6.07, 6.45) is 0.957. The van der Waals surface area contributed by atoms with E-state index >= 15 is 0 Å². The Balaban J connectivity index is 2.43. The van der Waals surface area contributed by atoms with Crippen molar-refractivity contribution in [3.8, 4) is 0 Å². The van der Waals surface area contributed by atoms with Crippen LogP contribution in [-0.2, 0) is 4.79 Å². The van der Waals surface area contributed by atoms with Gasteiger partial charge in [-0.15, -0.1) is 0 Å². The molecule has 0 saturated carbocycles. The fourth-order valence-electron chi connectivity index (χ4n) is 1.46. The molecule has 0 aliphatic heterocycles. The lowest BCUT2D eigenvalue weighted by molar-refractivity contribution is -0.120. The standard InChI is InChI=1S/C15H20ClN3O2/c1-4-10(2)11(3)18-19-14(20)9-17-15(21)12-5-7-13(16)8-6-12/h5-8,10H,4,9H2,1-3H3,(H,17,21)(H,19,20)/b18-11-. The maximum absolute atomic E-state index is 11.8. The predicted molar refractivity (Wildman–Crippen MR) is 84.5 cm³/mol. The quantitative estimate of drug-likeness (QED) is 0.626. The third-order valence-corrected chi connectivity index (χ3v) is 3.45. The SMILES string of the molecule is CCC(C)/C(C)=N\NC(=O)CNC(=O)c1ccc(Cl)cc1. The van der Waals surface area contributed by atoms with E-state index in [1.807, 2.05) is 13.8 Å². The summed E-state index contributed by atoms with van der Waals surface area (Å²) in [5, 5.41) is 7.08. The molecule has 0 aliphatic rings. The fourth-order valence-corrected chi connectivity index (χ4v) is 1.59. The lowest BCUT2D eigenvalue weighted by atomic mass is 10.1. The van der Waals surface area contributed by atoms with E-state index in [1.165, 1.54) is 0 Å². The van der Waals surface area contributed by atoms with Crippen molar-refractivity contribution in [3.05, 3.63) is 34.9 Å². The molecule has 114 valence electrons. The molecular formula is C15H20ClN3O2. The van der Waals surface area contributed by atoms with Crippen molar-refractivity contribution in [3.63, 3.8) is 0 Å². The second kappa shape index (κ2) is 8.42. The third-order valence-electron chi connectivity index (χ3n) is 3.20. The molecule has 0 bridgehead atoms. The Morgan fingerprint density at radius 1 is 1.29 bits per heavy atom. The van der Waals surface area contributed by atoms with Crippen LogP contribution >= 0.6 is 11.6 Å². The van der Waals surface area contributed by atoms with Gasteiger partial charge in [-0.2, -0.15) is 5.10 Å². The molecule has 0 fully saturated rings. The van der Waals surface area contributed by atoms with Gasteiger partial charge in [0.05, 0.1) is 6.54 Å². The first-order valence-corrected chi connectivity index (χ1v) is 7.18. The zero-order valence-electron chi connectivity index (χ0n) is 12.4. The zero-order chi connectivity index (χ0) is 15.8. The van der Waals surface area contributed by atoms with E-state index in [2.05, 4.69) is 22.8 Å². The summed E-state index contributed by atoms with van der Waals surface area (Å²) in [6, 6.07) is 6.44. The van der Waals surface area contributed by atoms with Gasteiger partial charge in [-0.25, -0.2) is 5.43 Å². The van der Waals surface area contributed by atoms with Crippen LogP contribution < -0.4 is 10.7 Å². The Morgan fingerprint density at radius 3 is 2.48 bits per heavy atom. The lowest BCUT2D eigenvalue weighted by Gasteiger charge is -2.08. The smallest absolute Gasteiger partial charge is 0.259 e. The van der Waals surface area contributed by atoms with Gasteiger partial charge < -0.3 is 5.32 Å². The summed E-state index contributed by atoms with van der Waals surface area (Å²) in [5.41, 5.74) is 3.73. The highest BCUT2D eigenvalue weighted by molar-refractivity contribution is 6.30. The van der Waals surface area contributed by atoms with Crippen LogP contribution in [0.15, 0.2) is 29.4 Å².